The third kappa shape index (κ3) is 2.99. The fraction of sp³-hybridized carbons (Fsp3) is 0. The van der Waals surface area contributed by atoms with Crippen LogP contribution in [0.5, 0.6) is 0 Å². The van der Waals surface area contributed by atoms with Crippen LogP contribution in [0.1, 0.15) is 5.56 Å². The third-order valence-electron chi connectivity index (χ3n) is 2.08. The molecular weight excluding hydrogens is 254 g/mol. The molecule has 3 nitrogen and oxygen atoms in total. The molecule has 17 heavy (non-hydrogen) atoms. The number of nitrogens with two attached hydrogens (primary N) is 1. The van der Waals surface area contributed by atoms with Crippen molar-refractivity contribution in [2.75, 3.05) is 0 Å². The van der Waals surface area contributed by atoms with Gasteiger partial charge in [0, 0.05) is 21.7 Å². The number of hydrogen-bond acceptors (Lipinski definition) is 3. The van der Waals surface area contributed by atoms with Crippen molar-refractivity contribution in [3.63, 3.8) is 0 Å². The molecule has 0 unspecified atom stereocenters. The van der Waals surface area contributed by atoms with Gasteiger partial charge in [-0.15, -0.1) is 0 Å². The minimum atomic E-state index is 0.00549. The summed E-state index contributed by atoms with van der Waals surface area (Å²) in [5, 5.41) is 8.95. The summed E-state index contributed by atoms with van der Waals surface area (Å²) in [7, 11) is 0. The van der Waals surface area contributed by atoms with Crippen LogP contribution in [0, 0.1) is 5.41 Å². The van der Waals surface area contributed by atoms with E-state index in [2.05, 4.69) is 4.98 Å². The zero-order valence-corrected chi connectivity index (χ0v) is 10.4. The van der Waals surface area contributed by atoms with Gasteiger partial charge in [0.25, 0.3) is 0 Å². The number of pyridine rings is 1. The van der Waals surface area contributed by atoms with E-state index in [0.29, 0.717) is 10.6 Å². The predicted octanol–water partition coefficient (Wildman–Crippen LogP) is 3.17. The molecule has 86 valence electrons. The number of nitrogens with one attached hydrogen (secondary N) is 1. The molecular formula is C12H10ClN3S. The van der Waals surface area contributed by atoms with Crippen LogP contribution < -0.4 is 5.73 Å². The van der Waals surface area contributed by atoms with Crippen LogP contribution in [0.25, 0.3) is 0 Å². The van der Waals surface area contributed by atoms with E-state index in [1.165, 1.54) is 11.8 Å². The summed E-state index contributed by atoms with van der Waals surface area (Å²) in [5.74, 6) is 0.00549. The van der Waals surface area contributed by atoms with Crippen molar-refractivity contribution in [3.8, 4) is 0 Å². The Morgan fingerprint density at radius 3 is 2.76 bits per heavy atom. The lowest BCUT2D eigenvalue weighted by Gasteiger charge is -2.07. The third-order valence-corrected chi connectivity index (χ3v) is 3.35. The Kier molecular flexibility index (Phi) is 3.66. The second kappa shape index (κ2) is 5.21. The topological polar surface area (TPSA) is 62.8 Å². The predicted molar refractivity (Wildman–Crippen MR) is 70.8 cm³/mol. The minimum Gasteiger partial charge on any atom is -0.384 e. The van der Waals surface area contributed by atoms with Crippen molar-refractivity contribution in [1.29, 1.82) is 5.41 Å². The second-order valence-electron chi connectivity index (χ2n) is 3.32. The van der Waals surface area contributed by atoms with Crippen molar-refractivity contribution >= 4 is 29.2 Å². The number of nitrogens with zero attached hydrogens (tertiary/aromatic N) is 1. The number of amidine groups is 1. The number of hydrogen-bond donors (Lipinski definition) is 2. The fourth-order valence-corrected chi connectivity index (χ4v) is 2.39. The molecule has 0 amide bonds. The largest absolute Gasteiger partial charge is 0.384 e. The van der Waals surface area contributed by atoms with Gasteiger partial charge in [-0.3, -0.25) is 5.41 Å². The van der Waals surface area contributed by atoms with Gasteiger partial charge >= 0.3 is 0 Å². The number of rotatable bonds is 3. The Labute approximate surface area is 109 Å². The summed E-state index contributed by atoms with van der Waals surface area (Å²) in [6.07, 6.45) is 1.73. The van der Waals surface area contributed by atoms with E-state index in [1.807, 2.05) is 24.3 Å². The Morgan fingerprint density at radius 1 is 1.29 bits per heavy atom. The van der Waals surface area contributed by atoms with E-state index < -0.39 is 0 Å². The Hall–Kier alpha value is -1.52. The van der Waals surface area contributed by atoms with Crippen LogP contribution in [0.2, 0.25) is 5.02 Å². The lowest BCUT2D eigenvalue weighted by molar-refractivity contribution is 1.13. The maximum absolute atomic E-state index is 7.52. The number of nitrogen functional groups attached to an aromatic ring is 1. The van der Waals surface area contributed by atoms with Gasteiger partial charge in [0.1, 0.15) is 10.9 Å². The first-order chi connectivity index (χ1) is 8.16. The van der Waals surface area contributed by atoms with E-state index in [1.54, 1.807) is 18.3 Å². The van der Waals surface area contributed by atoms with Gasteiger partial charge in [-0.2, -0.15) is 0 Å². The molecule has 0 saturated carbocycles. The average molecular weight is 264 g/mol. The van der Waals surface area contributed by atoms with Crippen LogP contribution >= 0.6 is 23.4 Å². The first-order valence-corrected chi connectivity index (χ1v) is 6.09. The molecule has 0 aliphatic heterocycles. The van der Waals surface area contributed by atoms with Gasteiger partial charge in [0.2, 0.25) is 0 Å². The van der Waals surface area contributed by atoms with Crippen molar-refractivity contribution in [3.05, 3.63) is 53.2 Å². The highest BCUT2D eigenvalue weighted by Gasteiger charge is 2.08. The second-order valence-corrected chi connectivity index (χ2v) is 4.82. The summed E-state index contributed by atoms with van der Waals surface area (Å²) < 4.78 is 0. The molecule has 2 aromatic rings. The van der Waals surface area contributed by atoms with Gasteiger partial charge in [-0.05, 0) is 30.3 Å². The first-order valence-electron chi connectivity index (χ1n) is 4.89. The SMILES string of the molecule is N=C(N)c1cc(Cl)ccc1Sc1ccccn1. The smallest absolute Gasteiger partial charge is 0.123 e. The molecule has 1 aromatic heterocycles. The molecule has 3 N–H and O–H groups in total. The van der Waals surface area contributed by atoms with Gasteiger partial charge in [-0.25, -0.2) is 4.98 Å². The normalized spacial score (nSPS) is 10.2. The van der Waals surface area contributed by atoms with Crippen molar-refractivity contribution in [2.45, 2.75) is 9.92 Å². The summed E-state index contributed by atoms with van der Waals surface area (Å²) >= 11 is 7.35. The summed E-state index contributed by atoms with van der Waals surface area (Å²) in [6.45, 7) is 0. The zero-order chi connectivity index (χ0) is 12.3. The molecule has 1 aromatic carbocycles. The Morgan fingerprint density at radius 2 is 2.12 bits per heavy atom. The van der Waals surface area contributed by atoms with E-state index in [0.717, 1.165) is 9.92 Å². The average Bonchev–Trinajstić information content (AvgIpc) is 2.32. The lowest BCUT2D eigenvalue weighted by atomic mass is 10.2. The molecule has 0 saturated heterocycles. The quantitative estimate of drug-likeness (QED) is 0.660. The summed E-state index contributed by atoms with van der Waals surface area (Å²) in [4.78, 5) is 5.09. The maximum Gasteiger partial charge on any atom is 0.123 e. The zero-order valence-electron chi connectivity index (χ0n) is 8.85. The van der Waals surface area contributed by atoms with Crippen LogP contribution in [0.15, 0.2) is 52.5 Å². The van der Waals surface area contributed by atoms with Crippen molar-refractivity contribution in [2.24, 2.45) is 5.73 Å². The summed E-state index contributed by atoms with van der Waals surface area (Å²) in [6, 6.07) is 11.0. The van der Waals surface area contributed by atoms with E-state index in [4.69, 9.17) is 22.7 Å². The highest BCUT2D eigenvalue weighted by Crippen LogP contribution is 2.30. The van der Waals surface area contributed by atoms with E-state index in [9.17, 15) is 0 Å². The fourth-order valence-electron chi connectivity index (χ4n) is 1.32. The van der Waals surface area contributed by atoms with Gasteiger partial charge in [0.15, 0.2) is 0 Å². The Balaban J connectivity index is 2.36. The number of benzene rings is 1. The van der Waals surface area contributed by atoms with Gasteiger partial charge < -0.3 is 5.73 Å². The summed E-state index contributed by atoms with van der Waals surface area (Å²) in [5.41, 5.74) is 6.16. The maximum atomic E-state index is 7.52. The minimum absolute atomic E-state index is 0.00549. The highest BCUT2D eigenvalue weighted by molar-refractivity contribution is 7.99. The van der Waals surface area contributed by atoms with Crippen LogP contribution in [-0.4, -0.2) is 10.8 Å². The van der Waals surface area contributed by atoms with Crippen molar-refractivity contribution in [1.82, 2.24) is 4.98 Å². The van der Waals surface area contributed by atoms with Crippen molar-refractivity contribution < 1.29 is 0 Å². The first kappa shape index (κ1) is 12.0. The number of aromatic nitrogens is 1. The highest BCUT2D eigenvalue weighted by atomic mass is 35.5. The van der Waals surface area contributed by atoms with Crippen LogP contribution in [-0.2, 0) is 0 Å². The van der Waals surface area contributed by atoms with E-state index in [-0.39, 0.29) is 5.84 Å². The molecule has 0 bridgehead atoms. The van der Waals surface area contributed by atoms with Gasteiger partial charge in [-0.1, -0.05) is 29.4 Å². The molecule has 0 atom stereocenters. The molecule has 0 radical (unpaired) electrons. The van der Waals surface area contributed by atoms with Crippen LogP contribution in [0.3, 0.4) is 0 Å². The standard InChI is InChI=1S/C12H10ClN3S/c13-8-4-5-10(9(7-8)12(14)15)17-11-3-1-2-6-16-11/h1-7H,(H3,14,15). The molecule has 0 fully saturated rings. The number of halogens is 1. The molecule has 0 aliphatic rings. The molecule has 2 rings (SSSR count). The Bertz CT molecular complexity index is 543. The van der Waals surface area contributed by atoms with E-state index >= 15 is 0 Å². The molecule has 0 aliphatic carbocycles. The van der Waals surface area contributed by atoms with Gasteiger partial charge in [0.05, 0.1) is 0 Å². The molecule has 5 heteroatoms. The molecule has 0 spiro atoms. The monoisotopic (exact) mass is 263 g/mol. The lowest BCUT2D eigenvalue weighted by Crippen LogP contribution is -2.12. The molecule has 1 heterocycles. The van der Waals surface area contributed by atoms with Crippen LogP contribution in [0.4, 0.5) is 0 Å².